The largest absolute Gasteiger partial charge is 0.477 e. The number of anilines is 1. The molecule has 2 aliphatic rings. The lowest BCUT2D eigenvalue weighted by Crippen LogP contribution is -2.71. The van der Waals surface area contributed by atoms with E-state index in [1.807, 2.05) is 0 Å². The topological polar surface area (TPSA) is 147 Å². The van der Waals surface area contributed by atoms with Crippen LogP contribution in [0.3, 0.4) is 0 Å². The van der Waals surface area contributed by atoms with Crippen LogP contribution in [-0.4, -0.2) is 62.3 Å². The van der Waals surface area contributed by atoms with E-state index in [1.54, 1.807) is 31.4 Å². The SMILES string of the molecule is CC=CC1=C(C(=O)O)N2C(=O)C(NC(=O)C(=NOCC)c3csc(N)n3)[C@@H]2SC1. The number of aromatic nitrogens is 1. The maximum atomic E-state index is 12.7. The van der Waals surface area contributed by atoms with Crippen molar-refractivity contribution in [1.29, 1.82) is 0 Å². The van der Waals surface area contributed by atoms with Gasteiger partial charge in [0.25, 0.3) is 11.8 Å². The Labute approximate surface area is 174 Å². The van der Waals surface area contributed by atoms with Crippen LogP contribution in [-0.2, 0) is 19.2 Å². The van der Waals surface area contributed by atoms with Crippen molar-refractivity contribution in [3.8, 4) is 0 Å². The summed E-state index contributed by atoms with van der Waals surface area (Å²) in [6.07, 6.45) is 3.39. The van der Waals surface area contributed by atoms with Gasteiger partial charge in [-0.3, -0.25) is 14.5 Å². The van der Waals surface area contributed by atoms with Gasteiger partial charge in [0.2, 0.25) is 0 Å². The van der Waals surface area contributed by atoms with Crippen LogP contribution >= 0.6 is 23.1 Å². The molecular formula is C17H19N5O5S2. The Hall–Kier alpha value is -2.86. The standard InChI is InChI=1S/C17H19N5O5S2/c1-3-5-8-6-28-15-11(14(24)22(15)12(8)16(25)26)20-13(23)10(21-27-4-2)9-7-29-17(18)19-9/h3,5,7,11,15H,4,6H2,1-2H3,(H2,18,19)(H,20,23)(H,25,26)/t11?,15-/m0/s1. The van der Waals surface area contributed by atoms with E-state index < -0.39 is 29.2 Å². The molecule has 2 amide bonds. The molecule has 1 saturated heterocycles. The first-order valence-corrected chi connectivity index (χ1v) is 10.6. The second-order valence-corrected chi connectivity index (χ2v) is 7.96. The number of hydrogen-bond acceptors (Lipinski definition) is 9. The predicted molar refractivity (Wildman–Crippen MR) is 109 cm³/mol. The smallest absolute Gasteiger partial charge is 0.352 e. The molecule has 0 aliphatic carbocycles. The minimum Gasteiger partial charge on any atom is -0.477 e. The molecule has 2 aliphatic heterocycles. The van der Waals surface area contributed by atoms with Crippen molar-refractivity contribution in [2.24, 2.45) is 5.16 Å². The van der Waals surface area contributed by atoms with Crippen LogP contribution in [0.5, 0.6) is 0 Å². The molecule has 1 aromatic heterocycles. The number of hydrogen-bond donors (Lipinski definition) is 3. The lowest BCUT2D eigenvalue weighted by atomic mass is 10.0. The molecule has 1 fully saturated rings. The fourth-order valence-corrected chi connectivity index (χ4v) is 4.78. The second-order valence-electron chi connectivity index (χ2n) is 5.97. The molecule has 10 nitrogen and oxygen atoms in total. The van der Waals surface area contributed by atoms with Gasteiger partial charge >= 0.3 is 5.97 Å². The number of carboxylic acid groups (broad SMARTS) is 1. The Morgan fingerprint density at radius 2 is 2.31 bits per heavy atom. The van der Waals surface area contributed by atoms with Crippen molar-refractivity contribution in [2.45, 2.75) is 25.3 Å². The lowest BCUT2D eigenvalue weighted by molar-refractivity contribution is -0.150. The number of nitrogens with one attached hydrogen (secondary N) is 1. The predicted octanol–water partition coefficient (Wildman–Crippen LogP) is 0.781. The van der Waals surface area contributed by atoms with Gasteiger partial charge in [0.1, 0.15) is 29.4 Å². The average molecular weight is 438 g/mol. The van der Waals surface area contributed by atoms with Gasteiger partial charge in [0.05, 0.1) is 0 Å². The number of rotatable bonds is 7. The Kier molecular flexibility index (Phi) is 6.23. The van der Waals surface area contributed by atoms with Crippen LogP contribution in [0.1, 0.15) is 19.5 Å². The molecule has 2 atom stereocenters. The zero-order chi connectivity index (χ0) is 21.1. The van der Waals surface area contributed by atoms with Crippen LogP contribution in [0.25, 0.3) is 0 Å². The minimum absolute atomic E-state index is 0.0576. The third-order valence-corrected chi connectivity index (χ3v) is 6.10. The van der Waals surface area contributed by atoms with E-state index in [1.165, 1.54) is 16.7 Å². The van der Waals surface area contributed by atoms with Crippen LogP contribution in [0, 0.1) is 0 Å². The molecule has 29 heavy (non-hydrogen) atoms. The Morgan fingerprint density at radius 3 is 2.90 bits per heavy atom. The van der Waals surface area contributed by atoms with E-state index in [9.17, 15) is 19.5 Å². The number of nitrogens with two attached hydrogens (primary N) is 1. The molecular weight excluding hydrogens is 418 g/mol. The quantitative estimate of drug-likeness (QED) is 0.322. The molecule has 0 saturated carbocycles. The number of nitrogens with zero attached hydrogens (tertiary/aromatic N) is 3. The van der Waals surface area contributed by atoms with Crippen LogP contribution in [0.4, 0.5) is 5.13 Å². The van der Waals surface area contributed by atoms with Crippen molar-refractivity contribution >= 4 is 51.7 Å². The zero-order valence-electron chi connectivity index (χ0n) is 15.6. The van der Waals surface area contributed by atoms with E-state index >= 15 is 0 Å². The number of thioether (sulfide) groups is 1. The van der Waals surface area contributed by atoms with Crippen molar-refractivity contribution < 1.29 is 24.3 Å². The third kappa shape index (κ3) is 3.98. The number of carbonyl (C=O) groups excluding carboxylic acids is 2. The van der Waals surface area contributed by atoms with E-state index in [2.05, 4.69) is 15.5 Å². The highest BCUT2D eigenvalue weighted by atomic mass is 32.2. The van der Waals surface area contributed by atoms with Gasteiger partial charge in [-0.15, -0.1) is 23.1 Å². The molecule has 0 radical (unpaired) electrons. The monoisotopic (exact) mass is 437 g/mol. The first-order chi connectivity index (χ1) is 13.9. The van der Waals surface area contributed by atoms with Gasteiger partial charge in [-0.05, 0) is 19.4 Å². The second kappa shape index (κ2) is 8.66. The minimum atomic E-state index is -1.18. The van der Waals surface area contributed by atoms with E-state index in [0.717, 1.165) is 11.3 Å². The van der Waals surface area contributed by atoms with E-state index in [0.29, 0.717) is 11.3 Å². The number of fused-ring (bicyclic) bond motifs is 1. The number of carbonyl (C=O) groups is 3. The summed E-state index contributed by atoms with van der Waals surface area (Å²) in [6, 6.07) is -0.878. The van der Waals surface area contributed by atoms with Crippen molar-refractivity contribution in [3.05, 3.63) is 34.5 Å². The maximum Gasteiger partial charge on any atom is 0.352 e. The summed E-state index contributed by atoms with van der Waals surface area (Å²) >= 11 is 2.52. The van der Waals surface area contributed by atoms with Gasteiger partial charge in [-0.2, -0.15) is 0 Å². The first kappa shape index (κ1) is 20.9. The third-order valence-electron chi connectivity index (χ3n) is 4.12. The number of β-lactam (4-membered cyclic amide) rings is 1. The number of carboxylic acids is 1. The highest BCUT2D eigenvalue weighted by Gasteiger charge is 2.54. The van der Waals surface area contributed by atoms with Gasteiger partial charge < -0.3 is 21.0 Å². The summed E-state index contributed by atoms with van der Waals surface area (Å²) in [6.45, 7) is 3.72. The maximum absolute atomic E-state index is 12.7. The molecule has 0 aromatic carbocycles. The summed E-state index contributed by atoms with van der Waals surface area (Å²) < 4.78 is 0. The molecule has 1 aromatic rings. The molecule has 3 rings (SSSR count). The Bertz CT molecular complexity index is 938. The van der Waals surface area contributed by atoms with Crippen molar-refractivity contribution in [3.63, 3.8) is 0 Å². The number of oxime groups is 1. The average Bonchev–Trinajstić information content (AvgIpc) is 3.12. The van der Waals surface area contributed by atoms with E-state index in [4.69, 9.17) is 10.6 Å². The van der Waals surface area contributed by atoms with Gasteiger partial charge in [-0.1, -0.05) is 17.3 Å². The zero-order valence-corrected chi connectivity index (χ0v) is 17.2. The molecule has 154 valence electrons. The van der Waals surface area contributed by atoms with Crippen LogP contribution in [0.2, 0.25) is 0 Å². The normalized spacial score (nSPS) is 21.8. The van der Waals surface area contributed by atoms with Crippen LogP contribution < -0.4 is 11.1 Å². The fourth-order valence-electron chi connectivity index (χ4n) is 2.91. The summed E-state index contributed by atoms with van der Waals surface area (Å²) in [5.74, 6) is -1.92. The summed E-state index contributed by atoms with van der Waals surface area (Å²) in [5, 5.41) is 17.3. The highest BCUT2D eigenvalue weighted by Crippen LogP contribution is 2.40. The number of aliphatic carboxylic acids is 1. The molecule has 12 heteroatoms. The number of thiazole rings is 1. The number of nitrogen functional groups attached to an aromatic ring is 1. The van der Waals surface area contributed by atoms with Crippen molar-refractivity contribution in [2.75, 3.05) is 18.1 Å². The highest BCUT2D eigenvalue weighted by molar-refractivity contribution is 8.00. The number of allylic oxidation sites excluding steroid dienone is 2. The molecule has 1 unspecified atom stereocenters. The van der Waals surface area contributed by atoms with Gasteiger partial charge in [0, 0.05) is 11.1 Å². The molecule has 4 N–H and O–H groups in total. The Morgan fingerprint density at radius 1 is 1.55 bits per heavy atom. The van der Waals surface area contributed by atoms with Crippen molar-refractivity contribution in [1.82, 2.24) is 15.2 Å². The first-order valence-electron chi connectivity index (χ1n) is 8.65. The summed E-state index contributed by atoms with van der Waals surface area (Å²) in [7, 11) is 0. The van der Waals surface area contributed by atoms with Gasteiger partial charge in [-0.25, -0.2) is 9.78 Å². The molecule has 0 spiro atoms. The fraction of sp³-hybridized carbons (Fsp3) is 0.353. The van der Waals surface area contributed by atoms with Crippen LogP contribution in [0.15, 0.2) is 34.0 Å². The van der Waals surface area contributed by atoms with E-state index in [-0.39, 0.29) is 28.8 Å². The van der Waals surface area contributed by atoms with Gasteiger partial charge in [0.15, 0.2) is 10.8 Å². The summed E-state index contributed by atoms with van der Waals surface area (Å²) in [5.41, 5.74) is 6.25. The lowest BCUT2D eigenvalue weighted by Gasteiger charge is -2.49. The summed E-state index contributed by atoms with van der Waals surface area (Å²) in [4.78, 5) is 47.3. The number of amides is 2. The molecule has 0 bridgehead atoms. The molecule has 3 heterocycles. The Balaban J connectivity index is 1.80.